The van der Waals surface area contributed by atoms with Crippen molar-refractivity contribution in [3.8, 4) is 0 Å². The third-order valence-corrected chi connectivity index (χ3v) is 5.95. The van der Waals surface area contributed by atoms with Crippen molar-refractivity contribution in [1.82, 2.24) is 19.2 Å². The number of rotatable bonds is 5. The first-order chi connectivity index (χ1) is 10.6. The van der Waals surface area contributed by atoms with E-state index in [2.05, 4.69) is 14.9 Å². The minimum absolute atomic E-state index is 0.103. The quantitative estimate of drug-likeness (QED) is 0.847. The molecule has 3 rings (SSSR count). The molecule has 2 aliphatic rings. The van der Waals surface area contributed by atoms with E-state index in [9.17, 15) is 8.42 Å². The molecule has 2 heterocycles. The molecule has 0 bridgehead atoms. The number of hydrogen-bond acceptors (Lipinski definition) is 6. The van der Waals surface area contributed by atoms with E-state index in [-0.39, 0.29) is 6.04 Å². The highest BCUT2D eigenvalue weighted by molar-refractivity contribution is 7.87. The highest BCUT2D eigenvalue weighted by Gasteiger charge is 2.31. The molecule has 0 amide bonds. The molecule has 9 heteroatoms. The lowest BCUT2D eigenvalue weighted by Crippen LogP contribution is -2.53. The summed E-state index contributed by atoms with van der Waals surface area (Å²) in [5.41, 5.74) is 0. The minimum Gasteiger partial charge on any atom is -0.408 e. The van der Waals surface area contributed by atoms with Crippen molar-refractivity contribution in [3.63, 3.8) is 0 Å². The number of nitrogens with one attached hydrogen (secondary N) is 1. The lowest BCUT2D eigenvalue weighted by atomic mass is 10.3. The van der Waals surface area contributed by atoms with Crippen LogP contribution >= 0.6 is 0 Å². The van der Waals surface area contributed by atoms with Crippen molar-refractivity contribution in [1.29, 1.82) is 0 Å². The zero-order chi connectivity index (χ0) is 15.6. The summed E-state index contributed by atoms with van der Waals surface area (Å²) in [6.07, 6.45) is 4.81. The van der Waals surface area contributed by atoms with Crippen LogP contribution in [0.1, 0.15) is 38.5 Å². The van der Waals surface area contributed by atoms with Crippen LogP contribution in [0.2, 0.25) is 0 Å². The molecule has 0 spiro atoms. The first-order valence-corrected chi connectivity index (χ1v) is 9.37. The molecule has 1 aliphatic heterocycles. The van der Waals surface area contributed by atoms with E-state index < -0.39 is 10.2 Å². The van der Waals surface area contributed by atoms with Crippen LogP contribution in [-0.2, 0) is 16.6 Å². The molecule has 1 aromatic rings. The van der Waals surface area contributed by atoms with Crippen LogP contribution < -0.4 is 9.62 Å². The van der Waals surface area contributed by atoms with E-state index >= 15 is 0 Å². The van der Waals surface area contributed by atoms with Gasteiger partial charge in [-0.1, -0.05) is 24.9 Å². The van der Waals surface area contributed by atoms with Crippen molar-refractivity contribution in [2.24, 2.45) is 0 Å². The fourth-order valence-corrected chi connectivity index (χ4v) is 4.41. The number of anilines is 1. The molecule has 0 aromatic carbocycles. The summed E-state index contributed by atoms with van der Waals surface area (Å²) in [5, 5.41) is 7.95. The molecular weight excluding hydrogens is 306 g/mol. The van der Waals surface area contributed by atoms with Gasteiger partial charge in [-0.3, -0.25) is 0 Å². The zero-order valence-electron chi connectivity index (χ0n) is 12.9. The molecule has 1 saturated heterocycles. The third kappa shape index (κ3) is 3.41. The molecular formula is C13H23N5O3S. The SMILES string of the molecule is CCc1nnc(N2CCN(S(=O)(=O)NC3CCCC3)CC2)o1. The van der Waals surface area contributed by atoms with E-state index in [1.165, 1.54) is 4.31 Å². The van der Waals surface area contributed by atoms with E-state index in [0.717, 1.165) is 25.7 Å². The van der Waals surface area contributed by atoms with Gasteiger partial charge in [-0.15, -0.1) is 5.10 Å². The Labute approximate surface area is 131 Å². The number of piperazine rings is 1. The minimum atomic E-state index is -3.38. The Morgan fingerprint density at radius 2 is 1.86 bits per heavy atom. The summed E-state index contributed by atoms with van der Waals surface area (Å²) in [6.45, 7) is 3.96. The molecule has 2 fully saturated rings. The second-order valence-electron chi connectivity index (χ2n) is 5.82. The molecule has 1 saturated carbocycles. The van der Waals surface area contributed by atoms with E-state index in [1.54, 1.807) is 0 Å². The molecule has 1 aliphatic carbocycles. The number of aryl methyl sites for hydroxylation is 1. The number of nitrogens with zero attached hydrogens (tertiary/aromatic N) is 4. The fraction of sp³-hybridized carbons (Fsp3) is 0.846. The van der Waals surface area contributed by atoms with E-state index in [1.807, 2.05) is 11.8 Å². The van der Waals surface area contributed by atoms with Crippen molar-refractivity contribution in [3.05, 3.63) is 5.89 Å². The van der Waals surface area contributed by atoms with E-state index in [4.69, 9.17) is 4.42 Å². The van der Waals surface area contributed by atoms with Crippen molar-refractivity contribution in [2.75, 3.05) is 31.1 Å². The Balaban J connectivity index is 1.56. The van der Waals surface area contributed by atoms with Crippen LogP contribution in [0.25, 0.3) is 0 Å². The predicted molar refractivity (Wildman–Crippen MR) is 81.8 cm³/mol. The average Bonchev–Trinajstić information content (AvgIpc) is 3.18. The van der Waals surface area contributed by atoms with Crippen LogP contribution in [-0.4, -0.2) is 55.1 Å². The maximum Gasteiger partial charge on any atom is 0.318 e. The van der Waals surface area contributed by atoms with Gasteiger partial charge < -0.3 is 9.32 Å². The van der Waals surface area contributed by atoms with E-state index in [0.29, 0.717) is 44.5 Å². The van der Waals surface area contributed by atoms with Crippen LogP contribution in [0.15, 0.2) is 4.42 Å². The normalized spacial score (nSPS) is 21.6. The van der Waals surface area contributed by atoms with Gasteiger partial charge in [0, 0.05) is 38.6 Å². The number of aromatic nitrogens is 2. The summed E-state index contributed by atoms with van der Waals surface area (Å²) in [7, 11) is -3.38. The molecule has 124 valence electrons. The Kier molecular flexibility index (Phi) is 4.65. The van der Waals surface area contributed by atoms with Crippen LogP contribution in [0, 0.1) is 0 Å². The molecule has 0 unspecified atom stereocenters. The van der Waals surface area contributed by atoms with Crippen LogP contribution in [0.5, 0.6) is 0 Å². The largest absolute Gasteiger partial charge is 0.408 e. The molecule has 8 nitrogen and oxygen atoms in total. The van der Waals surface area contributed by atoms with Gasteiger partial charge >= 0.3 is 6.01 Å². The second-order valence-corrected chi connectivity index (χ2v) is 7.52. The molecule has 22 heavy (non-hydrogen) atoms. The van der Waals surface area contributed by atoms with Gasteiger partial charge in [-0.2, -0.15) is 17.4 Å². The van der Waals surface area contributed by atoms with Crippen molar-refractivity contribution < 1.29 is 12.8 Å². The Bertz CT molecular complexity index is 589. The van der Waals surface area contributed by atoms with Gasteiger partial charge in [0.05, 0.1) is 0 Å². The molecule has 1 N–H and O–H groups in total. The number of hydrogen-bond donors (Lipinski definition) is 1. The van der Waals surface area contributed by atoms with Gasteiger partial charge in [0.25, 0.3) is 10.2 Å². The standard InChI is InChI=1S/C13H23N5O3S/c1-2-12-14-15-13(21-12)17-7-9-18(10-8-17)22(19,20)16-11-5-3-4-6-11/h11,16H,2-10H2,1H3. The first-order valence-electron chi connectivity index (χ1n) is 7.93. The zero-order valence-corrected chi connectivity index (χ0v) is 13.7. The monoisotopic (exact) mass is 329 g/mol. The van der Waals surface area contributed by atoms with Gasteiger partial charge in [-0.05, 0) is 12.8 Å². The Morgan fingerprint density at radius 3 is 2.45 bits per heavy atom. The van der Waals surface area contributed by atoms with Gasteiger partial charge in [0.15, 0.2) is 0 Å². The molecule has 0 radical (unpaired) electrons. The van der Waals surface area contributed by atoms with Crippen LogP contribution in [0.3, 0.4) is 0 Å². The summed E-state index contributed by atoms with van der Waals surface area (Å²) in [5.74, 6) is 0.605. The van der Waals surface area contributed by atoms with Crippen molar-refractivity contribution in [2.45, 2.75) is 45.1 Å². The Morgan fingerprint density at radius 1 is 1.18 bits per heavy atom. The Hall–Kier alpha value is -1.19. The second kappa shape index (κ2) is 6.51. The summed E-state index contributed by atoms with van der Waals surface area (Å²) < 4.78 is 34.6. The maximum atomic E-state index is 12.4. The van der Waals surface area contributed by atoms with Gasteiger partial charge in [-0.25, -0.2) is 0 Å². The van der Waals surface area contributed by atoms with Crippen LogP contribution in [0.4, 0.5) is 6.01 Å². The van der Waals surface area contributed by atoms with Crippen molar-refractivity contribution >= 4 is 16.2 Å². The summed E-state index contributed by atoms with van der Waals surface area (Å²) >= 11 is 0. The molecule has 0 atom stereocenters. The first kappa shape index (κ1) is 15.7. The summed E-state index contributed by atoms with van der Waals surface area (Å²) in [4.78, 5) is 1.94. The highest BCUT2D eigenvalue weighted by atomic mass is 32.2. The lowest BCUT2D eigenvalue weighted by Gasteiger charge is -2.33. The van der Waals surface area contributed by atoms with Gasteiger partial charge in [0.2, 0.25) is 5.89 Å². The topological polar surface area (TPSA) is 91.6 Å². The summed E-state index contributed by atoms with van der Waals surface area (Å²) in [6, 6.07) is 0.587. The van der Waals surface area contributed by atoms with Gasteiger partial charge in [0.1, 0.15) is 0 Å². The predicted octanol–water partition coefficient (Wildman–Crippen LogP) is 0.531. The lowest BCUT2D eigenvalue weighted by molar-refractivity contribution is 0.360. The molecule has 1 aromatic heterocycles. The maximum absolute atomic E-state index is 12.4. The smallest absolute Gasteiger partial charge is 0.318 e. The highest BCUT2D eigenvalue weighted by Crippen LogP contribution is 2.20. The third-order valence-electron chi connectivity index (χ3n) is 4.28. The fourth-order valence-electron chi connectivity index (χ4n) is 2.96. The average molecular weight is 329 g/mol.